The minimum absolute atomic E-state index is 0.644. The summed E-state index contributed by atoms with van der Waals surface area (Å²) in [6.07, 6.45) is 21.0. The van der Waals surface area contributed by atoms with E-state index >= 15 is 0 Å². The van der Waals surface area contributed by atoms with Gasteiger partial charge < -0.3 is 0 Å². The predicted octanol–water partition coefficient (Wildman–Crippen LogP) is 13.5. The molecule has 0 radical (unpaired) electrons. The molecule has 3 rings (SSSR count). The van der Waals surface area contributed by atoms with Crippen molar-refractivity contribution in [1.82, 2.24) is 0 Å². The van der Waals surface area contributed by atoms with Gasteiger partial charge in [0, 0.05) is 0 Å². The van der Waals surface area contributed by atoms with Crippen molar-refractivity contribution in [3.05, 3.63) is 12.1 Å². The fraction of sp³-hybridized carbons (Fsp3) is 0.750. The van der Waals surface area contributed by atoms with E-state index in [4.69, 9.17) is 9.47 Å². The maximum atomic E-state index is 7.12. The Bertz CT molecular complexity index is 1140. The van der Waals surface area contributed by atoms with E-state index in [1.54, 1.807) is 5.79 Å². The third-order valence-corrected chi connectivity index (χ3v) is 30.8. The zero-order valence-electron chi connectivity index (χ0n) is 31.7. The average Bonchev–Trinajstić information content (AvgIpc) is 3.65. The van der Waals surface area contributed by atoms with Crippen LogP contribution in [0.1, 0.15) is 130 Å². The molecule has 0 spiro atoms. The van der Waals surface area contributed by atoms with Crippen LogP contribution in [0.5, 0.6) is 11.5 Å². The van der Waals surface area contributed by atoms with Gasteiger partial charge in [-0.25, -0.2) is 0 Å². The van der Waals surface area contributed by atoms with Crippen molar-refractivity contribution >= 4 is 85.4 Å². The molecule has 6 heteroatoms. The van der Waals surface area contributed by atoms with Crippen molar-refractivity contribution in [2.75, 3.05) is 13.2 Å². The zero-order valence-corrected chi connectivity index (χ0v) is 39.0. The molecule has 0 saturated carbocycles. The fourth-order valence-corrected chi connectivity index (χ4v) is 19.2. The maximum absolute atomic E-state index is 7.12. The van der Waals surface area contributed by atoms with Crippen LogP contribution >= 0.6 is 22.7 Å². The average molecular weight is 885 g/mol. The fourth-order valence-electron chi connectivity index (χ4n) is 6.46. The molecule has 2 atom stereocenters. The Morgan fingerprint density at radius 2 is 0.848 bits per heavy atom. The van der Waals surface area contributed by atoms with Crippen LogP contribution in [0.15, 0.2) is 12.1 Å². The third kappa shape index (κ3) is 12.3. The van der Waals surface area contributed by atoms with Crippen molar-refractivity contribution in [2.24, 2.45) is 11.8 Å². The van der Waals surface area contributed by atoms with E-state index in [9.17, 15) is 0 Å². The van der Waals surface area contributed by atoms with Crippen molar-refractivity contribution in [2.45, 2.75) is 160 Å². The molecular weight excluding hydrogens is 814 g/mol. The normalized spacial score (nSPS) is 14.0. The summed E-state index contributed by atoms with van der Waals surface area (Å²) in [4.78, 5) is 15.4. The Balaban J connectivity index is 2.08. The van der Waals surface area contributed by atoms with E-state index in [2.05, 4.69) is 69.5 Å². The summed E-state index contributed by atoms with van der Waals surface area (Å²) in [5.74, 6) is 3.65. The molecular formula is C40H70O2S2Sn2. The molecule has 2 aromatic heterocycles. The van der Waals surface area contributed by atoms with E-state index in [1.165, 1.54) is 134 Å². The molecule has 0 fully saturated rings. The Morgan fingerprint density at radius 3 is 1.17 bits per heavy atom. The summed E-state index contributed by atoms with van der Waals surface area (Å²) in [5, 5.41) is 2.69. The summed E-state index contributed by atoms with van der Waals surface area (Å²) in [5.41, 5.74) is 0. The molecule has 3 aromatic rings. The number of unbranched alkanes of at least 4 members (excludes halogenated alkanes) is 8. The molecule has 262 valence electrons. The van der Waals surface area contributed by atoms with E-state index in [1.807, 2.05) is 22.7 Å². The number of thiophene rings is 2. The van der Waals surface area contributed by atoms with Crippen molar-refractivity contribution < 1.29 is 9.47 Å². The first-order valence-corrected chi connectivity index (χ1v) is 40.8. The van der Waals surface area contributed by atoms with Gasteiger partial charge >= 0.3 is 290 Å². The first-order valence-electron chi connectivity index (χ1n) is 19.2. The molecule has 0 saturated heterocycles. The first kappa shape index (κ1) is 40.8. The molecule has 46 heavy (non-hydrogen) atoms. The van der Waals surface area contributed by atoms with Crippen molar-refractivity contribution in [3.63, 3.8) is 0 Å². The second kappa shape index (κ2) is 20.3. The van der Waals surface area contributed by atoms with Crippen LogP contribution in [0.2, 0.25) is 29.6 Å². The van der Waals surface area contributed by atoms with Crippen LogP contribution in [0, 0.1) is 11.8 Å². The Morgan fingerprint density at radius 1 is 0.500 bits per heavy atom. The van der Waals surface area contributed by atoms with Crippen LogP contribution in [0.3, 0.4) is 0 Å². The Hall–Kier alpha value is 0.337. The van der Waals surface area contributed by atoms with E-state index < -0.39 is 36.8 Å². The number of fused-ring (bicyclic) bond motifs is 2. The second-order valence-electron chi connectivity index (χ2n) is 16.2. The van der Waals surface area contributed by atoms with Gasteiger partial charge in [-0.15, -0.1) is 0 Å². The minimum atomic E-state index is -2.33. The molecule has 1 aromatic carbocycles. The van der Waals surface area contributed by atoms with E-state index in [0.29, 0.717) is 11.8 Å². The number of ether oxygens (including phenoxy) is 2. The van der Waals surface area contributed by atoms with Gasteiger partial charge in [-0.05, 0) is 0 Å². The van der Waals surface area contributed by atoms with Crippen molar-refractivity contribution in [1.29, 1.82) is 0 Å². The predicted molar refractivity (Wildman–Crippen MR) is 218 cm³/mol. The number of benzene rings is 1. The molecule has 2 nitrogen and oxygen atoms in total. The zero-order chi connectivity index (χ0) is 33.7. The van der Waals surface area contributed by atoms with Gasteiger partial charge in [-0.2, -0.15) is 0 Å². The Labute approximate surface area is 300 Å². The van der Waals surface area contributed by atoms with Gasteiger partial charge in [0.15, 0.2) is 0 Å². The molecule has 0 N–H and O–H groups in total. The molecule has 0 amide bonds. The van der Waals surface area contributed by atoms with E-state index in [0.717, 1.165) is 13.2 Å². The monoisotopic (exact) mass is 886 g/mol. The SMILES string of the molecule is CCCCCCC(CCCC)COc1c2c[c]([Sn]([CH3])([CH3])[CH3])sc2c(OCC(CCCC)CCCCCC)c2c[c]([Sn]([CH3])([CH3])[CH3])sc12. The molecule has 0 aliphatic carbocycles. The van der Waals surface area contributed by atoms with Crippen LogP contribution in [0.25, 0.3) is 20.2 Å². The number of hydrogen-bond donors (Lipinski definition) is 0. The van der Waals surface area contributed by atoms with Crippen LogP contribution < -0.4 is 15.3 Å². The third-order valence-electron chi connectivity index (χ3n) is 9.63. The summed E-state index contributed by atoms with van der Waals surface area (Å²) >= 11 is -0.569. The molecule has 2 unspecified atom stereocenters. The number of rotatable bonds is 24. The van der Waals surface area contributed by atoms with Gasteiger partial charge in [-0.1, -0.05) is 13.8 Å². The van der Waals surface area contributed by atoms with Gasteiger partial charge in [-0.3, -0.25) is 0 Å². The van der Waals surface area contributed by atoms with Crippen LogP contribution in [-0.4, -0.2) is 50.0 Å². The summed E-state index contributed by atoms with van der Waals surface area (Å²) in [6, 6.07) is 5.11. The van der Waals surface area contributed by atoms with Gasteiger partial charge in [0.1, 0.15) is 0 Å². The standard InChI is InChI=1S/C34H52O2S2.6CH3.2Sn/c1-5-9-13-15-19-27(17-11-7-3)25-35-31-29-21-23-38-34(29)32(30-22-24-37-33(30)31)36-26-28(18-12-8-4)20-16-14-10-6-2;;;;;;;;/h21-22,27-28H,5-20,25-26H2,1-4H3;6*1H3;;. The van der Waals surface area contributed by atoms with Crippen LogP contribution in [-0.2, 0) is 0 Å². The second-order valence-corrected chi connectivity index (χ2v) is 49.1. The van der Waals surface area contributed by atoms with Gasteiger partial charge in [0.05, 0.1) is 0 Å². The summed E-state index contributed by atoms with van der Waals surface area (Å²) < 4.78 is 20.2. The van der Waals surface area contributed by atoms with Gasteiger partial charge in [0.2, 0.25) is 0 Å². The Kier molecular flexibility index (Phi) is 17.9. The summed E-state index contributed by atoms with van der Waals surface area (Å²) in [7, 11) is 0. The molecule has 2 heterocycles. The van der Waals surface area contributed by atoms with Crippen molar-refractivity contribution in [3.8, 4) is 11.5 Å². The molecule has 0 bridgehead atoms. The molecule has 0 aliphatic heterocycles. The quantitative estimate of drug-likeness (QED) is 0.0659. The first-order chi connectivity index (χ1) is 21.9. The van der Waals surface area contributed by atoms with E-state index in [-0.39, 0.29) is 0 Å². The molecule has 0 aliphatic rings. The number of hydrogen-bond acceptors (Lipinski definition) is 4. The van der Waals surface area contributed by atoms with Gasteiger partial charge in [0.25, 0.3) is 0 Å². The topological polar surface area (TPSA) is 18.5 Å². The summed E-state index contributed by atoms with van der Waals surface area (Å²) in [6.45, 7) is 11.0. The van der Waals surface area contributed by atoms with Crippen LogP contribution in [0.4, 0.5) is 0 Å².